The first-order chi connectivity index (χ1) is 8.71. The van der Waals surface area contributed by atoms with E-state index < -0.39 is 0 Å². The molecular weight excluding hydrogens is 228 g/mol. The molecule has 1 heterocycles. The number of nitrogens with zero attached hydrogens (tertiary/aromatic N) is 2. The number of anilines is 2. The van der Waals surface area contributed by atoms with Gasteiger partial charge in [0, 0.05) is 24.0 Å². The standard InChI is InChI=1S/C13H16N4O/c1-9-6-12(18-2)17-13(15-9)16-11-5-3-4-10(7-11)8-14/h3-7H,8,14H2,1-2H3,(H,15,16,17). The molecule has 3 N–H and O–H groups in total. The molecule has 18 heavy (non-hydrogen) atoms. The number of nitrogens with one attached hydrogen (secondary N) is 1. The van der Waals surface area contributed by atoms with E-state index in [0.717, 1.165) is 16.9 Å². The average Bonchev–Trinajstić information content (AvgIpc) is 2.38. The van der Waals surface area contributed by atoms with Crippen LogP contribution in [0.3, 0.4) is 0 Å². The zero-order valence-electron chi connectivity index (χ0n) is 10.5. The molecule has 0 aliphatic rings. The van der Waals surface area contributed by atoms with Crippen LogP contribution in [-0.2, 0) is 6.54 Å². The highest BCUT2D eigenvalue weighted by atomic mass is 16.5. The van der Waals surface area contributed by atoms with Crippen LogP contribution in [0.2, 0.25) is 0 Å². The Hall–Kier alpha value is -2.14. The topological polar surface area (TPSA) is 73.1 Å². The summed E-state index contributed by atoms with van der Waals surface area (Å²) in [5.74, 6) is 1.06. The molecule has 2 rings (SSSR count). The zero-order valence-corrected chi connectivity index (χ0v) is 10.5. The average molecular weight is 244 g/mol. The third-order valence-electron chi connectivity index (χ3n) is 2.46. The molecule has 5 heteroatoms. The summed E-state index contributed by atoms with van der Waals surface area (Å²) >= 11 is 0. The highest BCUT2D eigenvalue weighted by Crippen LogP contribution is 2.17. The van der Waals surface area contributed by atoms with Gasteiger partial charge >= 0.3 is 0 Å². The minimum atomic E-state index is 0.507. The Bertz CT molecular complexity index is 542. The van der Waals surface area contributed by atoms with Crippen molar-refractivity contribution in [1.29, 1.82) is 0 Å². The summed E-state index contributed by atoms with van der Waals surface area (Å²) in [6.07, 6.45) is 0. The fraction of sp³-hybridized carbons (Fsp3) is 0.231. The summed E-state index contributed by atoms with van der Waals surface area (Å²) < 4.78 is 5.11. The van der Waals surface area contributed by atoms with E-state index in [2.05, 4.69) is 15.3 Å². The lowest BCUT2D eigenvalue weighted by atomic mass is 10.2. The molecule has 0 saturated heterocycles. The molecule has 0 saturated carbocycles. The van der Waals surface area contributed by atoms with Crippen molar-refractivity contribution < 1.29 is 4.74 Å². The van der Waals surface area contributed by atoms with Crippen molar-refractivity contribution in [3.05, 3.63) is 41.6 Å². The Labute approximate surface area is 106 Å². The minimum absolute atomic E-state index is 0.507. The predicted octanol–water partition coefficient (Wildman–Crippen LogP) is 2.00. The Morgan fingerprint density at radius 1 is 1.28 bits per heavy atom. The van der Waals surface area contributed by atoms with Gasteiger partial charge in [-0.25, -0.2) is 4.98 Å². The van der Waals surface area contributed by atoms with Gasteiger partial charge in [0.15, 0.2) is 0 Å². The van der Waals surface area contributed by atoms with E-state index in [4.69, 9.17) is 10.5 Å². The van der Waals surface area contributed by atoms with Crippen LogP contribution in [0.15, 0.2) is 30.3 Å². The second kappa shape index (κ2) is 5.46. The monoisotopic (exact) mass is 244 g/mol. The molecule has 0 aliphatic heterocycles. The first-order valence-electron chi connectivity index (χ1n) is 5.67. The minimum Gasteiger partial charge on any atom is -0.481 e. The Kier molecular flexibility index (Phi) is 3.74. The van der Waals surface area contributed by atoms with Gasteiger partial charge in [0.2, 0.25) is 11.8 Å². The molecule has 0 fully saturated rings. The fourth-order valence-electron chi connectivity index (χ4n) is 1.61. The first kappa shape index (κ1) is 12.3. The molecule has 0 amide bonds. The molecule has 0 spiro atoms. The van der Waals surface area contributed by atoms with Gasteiger partial charge in [-0.1, -0.05) is 12.1 Å². The van der Waals surface area contributed by atoms with Crippen LogP contribution in [0.25, 0.3) is 0 Å². The maximum absolute atomic E-state index is 5.60. The molecule has 0 radical (unpaired) electrons. The molecule has 0 unspecified atom stereocenters. The number of aryl methyl sites for hydroxylation is 1. The highest BCUT2D eigenvalue weighted by molar-refractivity contribution is 5.54. The third kappa shape index (κ3) is 2.95. The summed E-state index contributed by atoms with van der Waals surface area (Å²) in [5, 5.41) is 3.14. The van der Waals surface area contributed by atoms with Crippen LogP contribution >= 0.6 is 0 Å². The van der Waals surface area contributed by atoms with Gasteiger partial charge in [-0.3, -0.25) is 0 Å². The van der Waals surface area contributed by atoms with Crippen molar-refractivity contribution in [2.45, 2.75) is 13.5 Å². The summed E-state index contributed by atoms with van der Waals surface area (Å²) in [4.78, 5) is 8.53. The first-order valence-corrected chi connectivity index (χ1v) is 5.67. The SMILES string of the molecule is COc1cc(C)nc(Nc2cccc(CN)c2)n1. The molecule has 0 bridgehead atoms. The quantitative estimate of drug-likeness (QED) is 0.860. The molecule has 5 nitrogen and oxygen atoms in total. The third-order valence-corrected chi connectivity index (χ3v) is 2.46. The smallest absolute Gasteiger partial charge is 0.230 e. The van der Waals surface area contributed by atoms with E-state index in [1.165, 1.54) is 0 Å². The predicted molar refractivity (Wildman–Crippen MR) is 70.9 cm³/mol. The number of benzene rings is 1. The van der Waals surface area contributed by atoms with Gasteiger partial charge in [0.05, 0.1) is 7.11 Å². The van der Waals surface area contributed by atoms with E-state index in [1.807, 2.05) is 31.2 Å². The molecule has 1 aromatic heterocycles. The van der Waals surface area contributed by atoms with Crippen LogP contribution in [-0.4, -0.2) is 17.1 Å². The van der Waals surface area contributed by atoms with Gasteiger partial charge in [0.25, 0.3) is 0 Å². The second-order valence-electron chi connectivity index (χ2n) is 3.90. The number of rotatable bonds is 4. The Morgan fingerprint density at radius 3 is 2.83 bits per heavy atom. The highest BCUT2D eigenvalue weighted by Gasteiger charge is 2.03. The molecule has 1 aromatic carbocycles. The lowest BCUT2D eigenvalue weighted by Gasteiger charge is -2.08. The normalized spacial score (nSPS) is 10.2. The van der Waals surface area contributed by atoms with E-state index in [1.54, 1.807) is 13.2 Å². The van der Waals surface area contributed by atoms with Crippen molar-refractivity contribution in [1.82, 2.24) is 9.97 Å². The van der Waals surface area contributed by atoms with Crippen LogP contribution in [0.5, 0.6) is 5.88 Å². The lowest BCUT2D eigenvalue weighted by molar-refractivity contribution is 0.397. The van der Waals surface area contributed by atoms with Crippen molar-refractivity contribution in [3.63, 3.8) is 0 Å². The van der Waals surface area contributed by atoms with Gasteiger partial charge in [-0.05, 0) is 24.6 Å². The van der Waals surface area contributed by atoms with Gasteiger partial charge < -0.3 is 15.8 Å². The number of aromatic nitrogens is 2. The van der Waals surface area contributed by atoms with Crippen LogP contribution in [0.1, 0.15) is 11.3 Å². The van der Waals surface area contributed by atoms with Gasteiger partial charge in [-0.15, -0.1) is 0 Å². The number of nitrogens with two attached hydrogens (primary N) is 1. The second-order valence-corrected chi connectivity index (χ2v) is 3.90. The van der Waals surface area contributed by atoms with Gasteiger partial charge in [0.1, 0.15) is 0 Å². The summed E-state index contributed by atoms with van der Waals surface area (Å²) in [5.41, 5.74) is 8.41. The number of methoxy groups -OCH3 is 1. The van der Waals surface area contributed by atoms with E-state index >= 15 is 0 Å². The summed E-state index contributed by atoms with van der Waals surface area (Å²) in [7, 11) is 1.58. The Balaban J connectivity index is 2.24. The van der Waals surface area contributed by atoms with Crippen molar-refractivity contribution in [2.24, 2.45) is 5.73 Å². The molecule has 0 aliphatic carbocycles. The van der Waals surface area contributed by atoms with Gasteiger partial charge in [-0.2, -0.15) is 4.98 Å². The molecule has 2 aromatic rings. The van der Waals surface area contributed by atoms with Crippen LogP contribution in [0, 0.1) is 6.92 Å². The number of hydrogen-bond acceptors (Lipinski definition) is 5. The largest absolute Gasteiger partial charge is 0.481 e. The maximum atomic E-state index is 5.60. The van der Waals surface area contributed by atoms with E-state index in [9.17, 15) is 0 Å². The summed E-state index contributed by atoms with van der Waals surface area (Å²) in [6, 6.07) is 9.61. The Morgan fingerprint density at radius 2 is 2.11 bits per heavy atom. The molecular formula is C13H16N4O. The zero-order chi connectivity index (χ0) is 13.0. The van der Waals surface area contributed by atoms with Crippen molar-refractivity contribution >= 4 is 11.6 Å². The molecule has 0 atom stereocenters. The van der Waals surface area contributed by atoms with E-state index in [-0.39, 0.29) is 0 Å². The van der Waals surface area contributed by atoms with Crippen LogP contribution < -0.4 is 15.8 Å². The van der Waals surface area contributed by atoms with Crippen LogP contribution in [0.4, 0.5) is 11.6 Å². The fourth-order valence-corrected chi connectivity index (χ4v) is 1.61. The number of ether oxygens (including phenoxy) is 1. The van der Waals surface area contributed by atoms with Crippen molar-refractivity contribution in [2.75, 3.05) is 12.4 Å². The molecule has 94 valence electrons. The number of hydrogen-bond donors (Lipinski definition) is 2. The van der Waals surface area contributed by atoms with Crippen molar-refractivity contribution in [3.8, 4) is 5.88 Å². The lowest BCUT2D eigenvalue weighted by Crippen LogP contribution is -2.02. The maximum Gasteiger partial charge on any atom is 0.230 e. The van der Waals surface area contributed by atoms with E-state index in [0.29, 0.717) is 18.4 Å². The summed E-state index contributed by atoms with van der Waals surface area (Å²) in [6.45, 7) is 2.40.